The quantitative estimate of drug-likeness (QED) is 0.450. The number of hydrogen-bond acceptors (Lipinski definition) is 5. The van der Waals surface area contributed by atoms with E-state index < -0.39 is 0 Å². The van der Waals surface area contributed by atoms with E-state index in [1.54, 1.807) is 25.1 Å². The molecule has 0 aliphatic rings. The van der Waals surface area contributed by atoms with Crippen molar-refractivity contribution in [2.75, 3.05) is 19.4 Å². The summed E-state index contributed by atoms with van der Waals surface area (Å²) in [5.41, 5.74) is 2.90. The number of nitrogens with one attached hydrogen (secondary N) is 1. The summed E-state index contributed by atoms with van der Waals surface area (Å²) in [6, 6.07) is 15.7. The van der Waals surface area contributed by atoms with Gasteiger partial charge < -0.3 is 10.1 Å². The molecule has 3 aromatic rings. The van der Waals surface area contributed by atoms with Crippen molar-refractivity contribution in [3.05, 3.63) is 60.3 Å². The van der Waals surface area contributed by atoms with E-state index in [0.717, 1.165) is 46.0 Å². The SMILES string of the molecule is COc1ccccc1CCNC(=O)CCCSc1cnc2ccccc2n1. The molecule has 1 N–H and O–H groups in total. The van der Waals surface area contributed by atoms with Crippen LogP contribution in [0.3, 0.4) is 0 Å². The predicted octanol–water partition coefficient (Wildman–Crippen LogP) is 3.87. The highest BCUT2D eigenvalue weighted by molar-refractivity contribution is 7.99. The Bertz CT molecular complexity index is 901. The van der Waals surface area contributed by atoms with E-state index in [2.05, 4.69) is 15.3 Å². The number of thioether (sulfide) groups is 1. The second-order valence-corrected chi connectivity index (χ2v) is 7.18. The molecule has 27 heavy (non-hydrogen) atoms. The Morgan fingerprint density at radius 3 is 2.74 bits per heavy atom. The summed E-state index contributed by atoms with van der Waals surface area (Å²) in [4.78, 5) is 21.0. The maximum Gasteiger partial charge on any atom is 0.220 e. The molecule has 1 amide bonds. The first-order valence-electron chi connectivity index (χ1n) is 8.99. The first-order valence-corrected chi connectivity index (χ1v) is 9.98. The minimum Gasteiger partial charge on any atom is -0.496 e. The molecule has 0 saturated carbocycles. The van der Waals surface area contributed by atoms with E-state index in [9.17, 15) is 4.79 Å². The lowest BCUT2D eigenvalue weighted by molar-refractivity contribution is -0.121. The molecule has 0 radical (unpaired) electrons. The van der Waals surface area contributed by atoms with Gasteiger partial charge in [-0.05, 0) is 36.6 Å². The van der Waals surface area contributed by atoms with Gasteiger partial charge in [-0.1, -0.05) is 30.3 Å². The van der Waals surface area contributed by atoms with E-state index >= 15 is 0 Å². The molecule has 0 aliphatic heterocycles. The van der Waals surface area contributed by atoms with Crippen LogP contribution in [0.1, 0.15) is 18.4 Å². The number of amides is 1. The number of fused-ring (bicyclic) bond motifs is 1. The van der Waals surface area contributed by atoms with E-state index in [1.807, 2.05) is 48.5 Å². The smallest absolute Gasteiger partial charge is 0.220 e. The van der Waals surface area contributed by atoms with Crippen molar-refractivity contribution in [1.82, 2.24) is 15.3 Å². The van der Waals surface area contributed by atoms with Crippen molar-refractivity contribution in [2.45, 2.75) is 24.3 Å². The van der Waals surface area contributed by atoms with Crippen LogP contribution in [0, 0.1) is 0 Å². The number of para-hydroxylation sites is 3. The summed E-state index contributed by atoms with van der Waals surface area (Å²) in [5.74, 6) is 1.78. The lowest BCUT2D eigenvalue weighted by Crippen LogP contribution is -2.25. The van der Waals surface area contributed by atoms with Gasteiger partial charge in [0.05, 0.1) is 24.3 Å². The van der Waals surface area contributed by atoms with Gasteiger partial charge in [0, 0.05) is 18.7 Å². The first-order chi connectivity index (χ1) is 13.3. The Morgan fingerprint density at radius 2 is 1.89 bits per heavy atom. The van der Waals surface area contributed by atoms with Crippen LogP contribution in [0.15, 0.2) is 59.8 Å². The zero-order valence-corrected chi connectivity index (χ0v) is 16.2. The highest BCUT2D eigenvalue weighted by Crippen LogP contribution is 2.19. The minimum absolute atomic E-state index is 0.0788. The Morgan fingerprint density at radius 1 is 1.11 bits per heavy atom. The number of hydrogen-bond donors (Lipinski definition) is 1. The molecule has 2 aromatic carbocycles. The van der Waals surface area contributed by atoms with Crippen molar-refractivity contribution in [3.8, 4) is 5.75 Å². The topological polar surface area (TPSA) is 64.1 Å². The Hall–Kier alpha value is -2.60. The number of nitrogens with zero attached hydrogens (tertiary/aromatic N) is 2. The molecule has 6 heteroatoms. The molecule has 140 valence electrons. The normalized spacial score (nSPS) is 10.7. The maximum absolute atomic E-state index is 12.0. The molecular formula is C21H23N3O2S. The maximum atomic E-state index is 12.0. The fraction of sp³-hybridized carbons (Fsp3) is 0.286. The number of methoxy groups -OCH3 is 1. The van der Waals surface area contributed by atoms with E-state index in [4.69, 9.17) is 4.74 Å². The molecule has 1 aromatic heterocycles. The van der Waals surface area contributed by atoms with Gasteiger partial charge >= 0.3 is 0 Å². The highest BCUT2D eigenvalue weighted by atomic mass is 32.2. The summed E-state index contributed by atoms with van der Waals surface area (Å²) < 4.78 is 5.32. The summed E-state index contributed by atoms with van der Waals surface area (Å²) in [6.45, 7) is 0.614. The Balaban J connectivity index is 1.35. The first kappa shape index (κ1) is 19.2. The molecule has 0 aliphatic carbocycles. The Labute approximate surface area is 163 Å². The van der Waals surface area contributed by atoms with Gasteiger partial charge in [-0.25, -0.2) is 4.98 Å². The van der Waals surface area contributed by atoms with Crippen LogP contribution >= 0.6 is 11.8 Å². The summed E-state index contributed by atoms with van der Waals surface area (Å²) >= 11 is 1.63. The number of carbonyl (C=O) groups excluding carboxylic acids is 1. The molecule has 0 spiro atoms. The summed E-state index contributed by atoms with van der Waals surface area (Å²) in [5, 5.41) is 3.87. The molecular weight excluding hydrogens is 358 g/mol. The molecule has 0 saturated heterocycles. The zero-order valence-electron chi connectivity index (χ0n) is 15.4. The van der Waals surface area contributed by atoms with Crippen LogP contribution in [0.2, 0.25) is 0 Å². The van der Waals surface area contributed by atoms with Crippen molar-refractivity contribution >= 4 is 28.7 Å². The molecule has 0 fully saturated rings. The fourth-order valence-electron chi connectivity index (χ4n) is 2.75. The molecule has 0 unspecified atom stereocenters. The number of carbonyl (C=O) groups is 1. The van der Waals surface area contributed by atoms with Crippen LogP contribution < -0.4 is 10.1 Å². The third-order valence-corrected chi connectivity index (χ3v) is 5.12. The van der Waals surface area contributed by atoms with Gasteiger partial charge in [0.1, 0.15) is 10.8 Å². The summed E-state index contributed by atoms with van der Waals surface area (Å²) in [7, 11) is 1.66. The van der Waals surface area contributed by atoms with Crippen molar-refractivity contribution in [2.24, 2.45) is 0 Å². The number of rotatable bonds is 9. The highest BCUT2D eigenvalue weighted by Gasteiger charge is 2.05. The number of aromatic nitrogens is 2. The van der Waals surface area contributed by atoms with E-state index in [1.165, 1.54) is 0 Å². The van der Waals surface area contributed by atoms with Gasteiger partial charge in [-0.15, -0.1) is 11.8 Å². The molecule has 0 atom stereocenters. The van der Waals surface area contributed by atoms with Crippen molar-refractivity contribution in [1.29, 1.82) is 0 Å². The number of ether oxygens (including phenoxy) is 1. The monoisotopic (exact) mass is 381 g/mol. The standard InChI is InChI=1S/C21H23N3O2S/c1-26-19-10-5-2-7-16(19)12-13-22-20(25)11-6-14-27-21-15-23-17-8-3-4-9-18(17)24-21/h2-5,7-10,15H,6,11-14H2,1H3,(H,22,25). The Kier molecular flexibility index (Phi) is 7.04. The lowest BCUT2D eigenvalue weighted by atomic mass is 10.1. The zero-order chi connectivity index (χ0) is 18.9. The van der Waals surface area contributed by atoms with E-state index in [-0.39, 0.29) is 5.91 Å². The average Bonchev–Trinajstić information content (AvgIpc) is 2.71. The molecule has 3 rings (SSSR count). The van der Waals surface area contributed by atoms with Gasteiger partial charge in [-0.3, -0.25) is 9.78 Å². The van der Waals surface area contributed by atoms with Crippen molar-refractivity contribution < 1.29 is 9.53 Å². The minimum atomic E-state index is 0.0788. The van der Waals surface area contributed by atoms with Gasteiger partial charge in [0.25, 0.3) is 0 Å². The van der Waals surface area contributed by atoms with Gasteiger partial charge in [0.2, 0.25) is 5.91 Å². The lowest BCUT2D eigenvalue weighted by Gasteiger charge is -2.09. The van der Waals surface area contributed by atoms with Crippen LogP contribution in [-0.2, 0) is 11.2 Å². The third-order valence-electron chi connectivity index (χ3n) is 4.13. The van der Waals surface area contributed by atoms with Gasteiger partial charge in [0.15, 0.2) is 0 Å². The third kappa shape index (κ3) is 5.69. The second kappa shape index (κ2) is 9.92. The van der Waals surface area contributed by atoms with Crippen molar-refractivity contribution in [3.63, 3.8) is 0 Å². The van der Waals surface area contributed by atoms with E-state index in [0.29, 0.717) is 13.0 Å². The van der Waals surface area contributed by atoms with Crippen LogP contribution in [0.5, 0.6) is 5.75 Å². The van der Waals surface area contributed by atoms with Crippen LogP contribution in [0.25, 0.3) is 11.0 Å². The van der Waals surface area contributed by atoms with Crippen LogP contribution in [-0.4, -0.2) is 35.3 Å². The fourth-order valence-corrected chi connectivity index (χ4v) is 3.54. The summed E-state index contributed by atoms with van der Waals surface area (Å²) in [6.07, 6.45) is 3.87. The molecule has 1 heterocycles. The predicted molar refractivity (Wildman–Crippen MR) is 109 cm³/mol. The number of benzene rings is 2. The van der Waals surface area contributed by atoms with Gasteiger partial charge in [-0.2, -0.15) is 0 Å². The van der Waals surface area contributed by atoms with Crippen LogP contribution in [0.4, 0.5) is 0 Å². The second-order valence-electron chi connectivity index (χ2n) is 6.06. The molecule has 5 nitrogen and oxygen atoms in total. The molecule has 0 bridgehead atoms. The largest absolute Gasteiger partial charge is 0.496 e. The average molecular weight is 382 g/mol.